The van der Waals surface area contributed by atoms with Crippen LogP contribution in [0.15, 0.2) is 48.7 Å². The van der Waals surface area contributed by atoms with Crippen molar-refractivity contribution in [2.45, 2.75) is 31.3 Å². The third kappa shape index (κ3) is 5.17. The molecule has 0 saturated carbocycles. The Morgan fingerprint density at radius 1 is 0.974 bits per heavy atom. The Morgan fingerprint density at radius 3 is 2.29 bits per heavy atom. The van der Waals surface area contributed by atoms with E-state index in [1.807, 2.05) is 0 Å². The summed E-state index contributed by atoms with van der Waals surface area (Å²) in [5, 5.41) is 7.26. The van der Waals surface area contributed by atoms with Gasteiger partial charge in [0.15, 0.2) is 0 Å². The molecule has 0 aliphatic carbocycles. The number of halogens is 1. The van der Waals surface area contributed by atoms with E-state index in [9.17, 15) is 19.2 Å². The average Bonchev–Trinajstić information content (AvgIpc) is 3.51. The van der Waals surface area contributed by atoms with Gasteiger partial charge < -0.3 is 30.2 Å². The van der Waals surface area contributed by atoms with Crippen LogP contribution in [0.25, 0.3) is 10.9 Å². The van der Waals surface area contributed by atoms with Crippen molar-refractivity contribution >= 4 is 52.0 Å². The van der Waals surface area contributed by atoms with Crippen molar-refractivity contribution in [2.24, 2.45) is 0 Å². The summed E-state index contributed by atoms with van der Waals surface area (Å²) in [4.78, 5) is 56.8. The van der Waals surface area contributed by atoms with Crippen LogP contribution in [-0.4, -0.2) is 72.5 Å². The number of rotatable bonds is 5. The second kappa shape index (κ2) is 10.7. The Bertz CT molecular complexity index is 1390. The lowest BCUT2D eigenvalue weighted by atomic mass is 10.1. The fraction of sp³-hybridized carbons (Fsp3) is 0.333. The number of nitrogens with one attached hydrogen (secondary N) is 3. The molecule has 5 rings (SSSR count). The first kappa shape index (κ1) is 25.6. The van der Waals surface area contributed by atoms with E-state index in [1.54, 1.807) is 53.6 Å². The molecule has 2 aliphatic rings. The van der Waals surface area contributed by atoms with Crippen LogP contribution in [0.2, 0.25) is 5.02 Å². The molecule has 4 amide bonds. The molecule has 0 bridgehead atoms. The van der Waals surface area contributed by atoms with Gasteiger partial charge in [-0.1, -0.05) is 17.7 Å². The molecular weight excluding hydrogens is 510 g/mol. The average molecular weight is 538 g/mol. The van der Waals surface area contributed by atoms with Crippen molar-refractivity contribution in [2.75, 3.05) is 31.6 Å². The van der Waals surface area contributed by atoms with Gasteiger partial charge in [0, 0.05) is 60.0 Å². The molecule has 3 heterocycles. The number of anilines is 1. The number of methoxy groups -OCH3 is 1. The van der Waals surface area contributed by atoms with Gasteiger partial charge in [0.25, 0.3) is 11.8 Å². The van der Waals surface area contributed by atoms with Crippen molar-refractivity contribution in [1.29, 1.82) is 0 Å². The van der Waals surface area contributed by atoms with Gasteiger partial charge in [-0.05, 0) is 49.2 Å². The zero-order valence-corrected chi connectivity index (χ0v) is 21.6. The van der Waals surface area contributed by atoms with Crippen molar-refractivity contribution in [3.05, 3.63) is 64.8 Å². The highest BCUT2D eigenvalue weighted by Gasteiger charge is 2.38. The third-order valence-corrected chi connectivity index (χ3v) is 7.36. The van der Waals surface area contributed by atoms with E-state index in [-0.39, 0.29) is 30.8 Å². The number of amides is 4. The minimum atomic E-state index is -0.544. The number of ether oxygens (including phenoxy) is 1. The largest absolute Gasteiger partial charge is 0.453 e. The monoisotopic (exact) mass is 537 g/mol. The van der Waals surface area contributed by atoms with Crippen LogP contribution in [0, 0.1) is 0 Å². The zero-order chi connectivity index (χ0) is 26.8. The summed E-state index contributed by atoms with van der Waals surface area (Å²) in [6.07, 6.45) is 3.49. The summed E-state index contributed by atoms with van der Waals surface area (Å²) < 4.78 is 4.85. The topological polar surface area (TPSA) is 124 Å². The molecule has 11 heteroatoms. The van der Waals surface area contributed by atoms with E-state index in [2.05, 4.69) is 15.6 Å². The number of piperidine rings is 1. The van der Waals surface area contributed by atoms with Crippen LogP contribution in [0.5, 0.6) is 0 Å². The molecule has 2 aromatic carbocycles. The number of hydrogen-bond donors (Lipinski definition) is 3. The Morgan fingerprint density at radius 2 is 1.63 bits per heavy atom. The maximum absolute atomic E-state index is 13.1. The molecule has 3 aromatic rings. The van der Waals surface area contributed by atoms with Crippen molar-refractivity contribution in [1.82, 2.24) is 20.5 Å². The maximum atomic E-state index is 13.1. The lowest BCUT2D eigenvalue weighted by Crippen LogP contribution is -2.51. The molecule has 0 unspecified atom stereocenters. The summed E-state index contributed by atoms with van der Waals surface area (Å²) in [6, 6.07) is 10.9. The number of carbonyl (C=O) groups is 4. The van der Waals surface area contributed by atoms with Gasteiger partial charge in [0.1, 0.15) is 0 Å². The molecular formula is C27H28ClN5O5. The van der Waals surface area contributed by atoms with Gasteiger partial charge in [-0.3, -0.25) is 14.4 Å². The van der Waals surface area contributed by atoms with Crippen LogP contribution in [0.1, 0.15) is 40.0 Å². The van der Waals surface area contributed by atoms with Gasteiger partial charge in [-0.25, -0.2) is 4.79 Å². The quantitative estimate of drug-likeness (QED) is 0.460. The van der Waals surface area contributed by atoms with Crippen LogP contribution < -0.4 is 15.5 Å². The second-order valence-electron chi connectivity index (χ2n) is 9.48. The number of H-pyrrole nitrogens is 1. The van der Waals surface area contributed by atoms with Gasteiger partial charge in [-0.2, -0.15) is 0 Å². The molecule has 10 nitrogen and oxygen atoms in total. The van der Waals surface area contributed by atoms with E-state index >= 15 is 0 Å². The van der Waals surface area contributed by atoms with Gasteiger partial charge >= 0.3 is 6.09 Å². The number of nitrogens with zero attached hydrogens (tertiary/aromatic N) is 2. The van der Waals surface area contributed by atoms with Crippen LogP contribution >= 0.6 is 11.6 Å². The van der Waals surface area contributed by atoms with Gasteiger partial charge in [0.2, 0.25) is 5.91 Å². The van der Waals surface area contributed by atoms with Gasteiger partial charge in [-0.15, -0.1) is 0 Å². The number of carbonyl (C=O) groups excluding carboxylic acids is 4. The van der Waals surface area contributed by atoms with Crippen LogP contribution in [-0.2, 0) is 9.53 Å². The highest BCUT2D eigenvalue weighted by molar-refractivity contribution is 6.35. The lowest BCUT2D eigenvalue weighted by Gasteiger charge is -2.27. The molecule has 0 spiro atoms. The number of hydrogen-bond acceptors (Lipinski definition) is 5. The molecule has 3 N–H and O–H groups in total. The maximum Gasteiger partial charge on any atom is 0.409 e. The molecule has 2 atom stereocenters. The SMILES string of the molecule is COC(=O)N1C[C@H](NC(=O)c2ccc(N3CCCCC3=O)cc2)[C@H](NC(=O)c2ccc3c(Cl)c[nH]c3c2)C1. The fourth-order valence-electron chi connectivity index (χ4n) is 4.98. The van der Waals surface area contributed by atoms with E-state index in [1.165, 1.54) is 12.0 Å². The fourth-order valence-corrected chi connectivity index (χ4v) is 5.20. The summed E-state index contributed by atoms with van der Waals surface area (Å²) in [7, 11) is 1.28. The second-order valence-corrected chi connectivity index (χ2v) is 9.89. The number of likely N-dealkylation sites (tertiary alicyclic amines) is 1. The molecule has 38 heavy (non-hydrogen) atoms. The van der Waals surface area contributed by atoms with E-state index in [0.717, 1.165) is 29.4 Å². The summed E-state index contributed by atoms with van der Waals surface area (Å²) in [6.45, 7) is 1.02. The minimum Gasteiger partial charge on any atom is -0.453 e. The first-order valence-corrected chi connectivity index (χ1v) is 12.8. The van der Waals surface area contributed by atoms with Crippen molar-refractivity contribution in [3.8, 4) is 0 Å². The Hall–Kier alpha value is -4.05. The standard InChI is InChI=1S/C27H28ClN5O5/c1-38-27(37)32-14-22(23(15-32)31-26(36)17-7-10-19-20(28)13-29-21(19)12-17)30-25(35)16-5-8-18(9-6-16)33-11-3-2-4-24(33)34/h5-10,12-13,22-23,29H,2-4,11,14-15H2,1H3,(H,30,35)(H,31,36)/t22-,23+/m0/s1. The Labute approximate surface area is 224 Å². The van der Waals surface area contributed by atoms with Crippen LogP contribution in [0.3, 0.4) is 0 Å². The number of aromatic amines is 1. The smallest absolute Gasteiger partial charge is 0.409 e. The highest BCUT2D eigenvalue weighted by atomic mass is 35.5. The first-order chi connectivity index (χ1) is 18.3. The third-order valence-electron chi connectivity index (χ3n) is 7.04. The van der Waals surface area contributed by atoms with Crippen molar-refractivity contribution < 1.29 is 23.9 Å². The molecule has 1 aromatic heterocycles. The molecule has 198 valence electrons. The summed E-state index contributed by atoms with van der Waals surface area (Å²) >= 11 is 6.14. The van der Waals surface area contributed by atoms with Gasteiger partial charge in [0.05, 0.1) is 24.2 Å². The number of benzene rings is 2. The summed E-state index contributed by atoms with van der Waals surface area (Å²) in [5.74, 6) is -0.608. The normalized spacial score (nSPS) is 19.5. The predicted molar refractivity (Wildman–Crippen MR) is 142 cm³/mol. The summed E-state index contributed by atoms with van der Waals surface area (Å²) in [5.41, 5.74) is 2.31. The number of fused-ring (bicyclic) bond motifs is 1. The zero-order valence-electron chi connectivity index (χ0n) is 20.8. The molecule has 2 aliphatic heterocycles. The van der Waals surface area contributed by atoms with E-state index in [4.69, 9.17) is 16.3 Å². The Kier molecular flexibility index (Phi) is 7.24. The molecule has 2 fully saturated rings. The lowest BCUT2D eigenvalue weighted by molar-refractivity contribution is -0.119. The van der Waals surface area contributed by atoms with E-state index in [0.29, 0.717) is 29.1 Å². The van der Waals surface area contributed by atoms with Crippen molar-refractivity contribution in [3.63, 3.8) is 0 Å². The number of aromatic nitrogens is 1. The first-order valence-electron chi connectivity index (χ1n) is 12.5. The van der Waals surface area contributed by atoms with Crippen LogP contribution in [0.4, 0.5) is 10.5 Å². The molecule has 0 radical (unpaired) electrons. The van der Waals surface area contributed by atoms with E-state index < -0.39 is 18.2 Å². The minimum absolute atomic E-state index is 0.0828. The molecule has 2 saturated heterocycles. The highest BCUT2D eigenvalue weighted by Crippen LogP contribution is 2.24. The Balaban J connectivity index is 1.29. The predicted octanol–water partition coefficient (Wildman–Crippen LogP) is 3.32.